The molecule has 0 bridgehead atoms. The molecule has 1 aliphatic rings. The monoisotopic (exact) mass is 308 g/mol. The fraction of sp³-hybridized carbons (Fsp3) is 0.0714. The van der Waals surface area contributed by atoms with E-state index in [1.54, 1.807) is 30.5 Å². The largest absolute Gasteiger partial charge is 0.454 e. The topological polar surface area (TPSA) is 42.9 Å². The second-order valence-electron chi connectivity index (χ2n) is 4.11. The third-order valence-electron chi connectivity index (χ3n) is 2.71. The van der Waals surface area contributed by atoms with Crippen molar-refractivity contribution in [2.24, 2.45) is 5.10 Å². The average molecular weight is 309 g/mol. The van der Waals surface area contributed by atoms with E-state index in [1.165, 1.54) is 0 Å². The van der Waals surface area contributed by atoms with E-state index in [0.717, 1.165) is 11.3 Å². The van der Waals surface area contributed by atoms with Crippen molar-refractivity contribution in [2.45, 2.75) is 0 Å². The standard InChI is InChI=1S/C14H10Cl2N2O2/c15-10-2-1-3-11(5-10)18-17-7-9-4-13-14(6-12(9)16)20-8-19-13/h1-7,18H,8H2/b17-7+. The maximum Gasteiger partial charge on any atom is 0.231 e. The molecule has 102 valence electrons. The number of rotatable bonds is 3. The Kier molecular flexibility index (Phi) is 3.67. The van der Waals surface area contributed by atoms with Crippen LogP contribution in [0.4, 0.5) is 5.69 Å². The molecule has 1 heterocycles. The second-order valence-corrected chi connectivity index (χ2v) is 4.95. The zero-order valence-electron chi connectivity index (χ0n) is 10.3. The molecule has 0 radical (unpaired) electrons. The molecule has 0 unspecified atom stereocenters. The van der Waals surface area contributed by atoms with Crippen LogP contribution in [0.1, 0.15) is 5.56 Å². The predicted molar refractivity (Wildman–Crippen MR) is 80.2 cm³/mol. The number of nitrogens with one attached hydrogen (secondary N) is 1. The molecule has 0 aliphatic carbocycles. The molecule has 0 amide bonds. The molecule has 4 nitrogen and oxygen atoms in total. The lowest BCUT2D eigenvalue weighted by molar-refractivity contribution is 0.174. The van der Waals surface area contributed by atoms with Gasteiger partial charge < -0.3 is 9.47 Å². The van der Waals surface area contributed by atoms with Crippen LogP contribution in [0.3, 0.4) is 0 Å². The van der Waals surface area contributed by atoms with Crippen molar-refractivity contribution in [1.82, 2.24) is 0 Å². The molecule has 3 rings (SSSR count). The van der Waals surface area contributed by atoms with Crippen LogP contribution in [0.15, 0.2) is 41.5 Å². The average Bonchev–Trinajstić information content (AvgIpc) is 2.86. The minimum absolute atomic E-state index is 0.215. The molecule has 2 aromatic rings. The fourth-order valence-corrected chi connectivity index (χ4v) is 2.16. The number of hydrogen-bond donors (Lipinski definition) is 1. The molecule has 0 aromatic heterocycles. The number of ether oxygens (including phenoxy) is 2. The van der Waals surface area contributed by atoms with Crippen LogP contribution in [-0.4, -0.2) is 13.0 Å². The van der Waals surface area contributed by atoms with Gasteiger partial charge in [0.15, 0.2) is 11.5 Å². The summed E-state index contributed by atoms with van der Waals surface area (Å²) in [5.74, 6) is 1.31. The first-order chi connectivity index (χ1) is 9.72. The van der Waals surface area contributed by atoms with Gasteiger partial charge in [0.05, 0.1) is 16.9 Å². The van der Waals surface area contributed by atoms with E-state index in [1.807, 2.05) is 12.1 Å². The summed E-state index contributed by atoms with van der Waals surface area (Å²) in [4.78, 5) is 0. The third kappa shape index (κ3) is 2.81. The van der Waals surface area contributed by atoms with Crippen LogP contribution in [0.25, 0.3) is 0 Å². The molecule has 1 aliphatic heterocycles. The first-order valence-corrected chi connectivity index (χ1v) is 6.62. The summed E-state index contributed by atoms with van der Waals surface area (Å²) in [7, 11) is 0. The Hall–Kier alpha value is -1.91. The lowest BCUT2D eigenvalue weighted by Gasteiger charge is -2.02. The summed E-state index contributed by atoms with van der Waals surface area (Å²) in [5, 5.41) is 5.32. The Balaban J connectivity index is 1.76. The first kappa shape index (κ1) is 13.1. The highest BCUT2D eigenvalue weighted by Crippen LogP contribution is 2.36. The van der Waals surface area contributed by atoms with Crippen LogP contribution in [0, 0.1) is 0 Å². The summed E-state index contributed by atoms with van der Waals surface area (Å²) in [6, 6.07) is 10.8. The van der Waals surface area contributed by atoms with Gasteiger partial charge >= 0.3 is 0 Å². The lowest BCUT2D eigenvalue weighted by atomic mass is 10.2. The van der Waals surface area contributed by atoms with Crippen LogP contribution < -0.4 is 14.9 Å². The Morgan fingerprint density at radius 3 is 2.70 bits per heavy atom. The molecule has 0 fully saturated rings. The highest BCUT2D eigenvalue weighted by Gasteiger charge is 2.15. The summed E-state index contributed by atoms with van der Waals surface area (Å²) in [5.41, 5.74) is 4.42. The molecular formula is C14H10Cl2N2O2. The molecule has 1 N–H and O–H groups in total. The van der Waals surface area contributed by atoms with Crippen molar-refractivity contribution < 1.29 is 9.47 Å². The molecule has 0 saturated carbocycles. The summed E-state index contributed by atoms with van der Waals surface area (Å²) in [6.45, 7) is 0.215. The maximum absolute atomic E-state index is 6.14. The van der Waals surface area contributed by atoms with Crippen LogP contribution in [0.5, 0.6) is 11.5 Å². The van der Waals surface area contributed by atoms with E-state index < -0.39 is 0 Å². The summed E-state index contributed by atoms with van der Waals surface area (Å²) < 4.78 is 10.5. The van der Waals surface area contributed by atoms with Crippen LogP contribution in [0.2, 0.25) is 10.0 Å². The zero-order chi connectivity index (χ0) is 13.9. The smallest absolute Gasteiger partial charge is 0.231 e. The number of hydrazone groups is 1. The highest BCUT2D eigenvalue weighted by atomic mass is 35.5. The van der Waals surface area contributed by atoms with Gasteiger partial charge in [-0.15, -0.1) is 0 Å². The Morgan fingerprint density at radius 1 is 1.10 bits per heavy atom. The molecule has 0 atom stereocenters. The van der Waals surface area contributed by atoms with Crippen molar-refractivity contribution in [3.05, 3.63) is 52.0 Å². The van der Waals surface area contributed by atoms with Gasteiger partial charge in [-0.2, -0.15) is 5.10 Å². The number of hydrogen-bond acceptors (Lipinski definition) is 4. The molecule has 2 aromatic carbocycles. The molecule has 20 heavy (non-hydrogen) atoms. The summed E-state index contributed by atoms with van der Waals surface area (Å²) in [6.07, 6.45) is 1.62. The minimum atomic E-state index is 0.215. The van der Waals surface area contributed by atoms with Crippen LogP contribution in [-0.2, 0) is 0 Å². The normalized spacial score (nSPS) is 12.9. The van der Waals surface area contributed by atoms with Gasteiger partial charge in [0.2, 0.25) is 6.79 Å². The van der Waals surface area contributed by atoms with Gasteiger partial charge in [-0.1, -0.05) is 29.3 Å². The lowest BCUT2D eigenvalue weighted by Crippen LogP contribution is -1.93. The van der Waals surface area contributed by atoms with Gasteiger partial charge in [0, 0.05) is 16.7 Å². The fourth-order valence-electron chi connectivity index (χ4n) is 1.77. The third-order valence-corrected chi connectivity index (χ3v) is 3.28. The first-order valence-electron chi connectivity index (χ1n) is 5.86. The number of fused-ring (bicyclic) bond motifs is 1. The number of nitrogens with zero attached hydrogens (tertiary/aromatic N) is 1. The van der Waals surface area contributed by atoms with Crippen molar-refractivity contribution in [2.75, 3.05) is 12.2 Å². The van der Waals surface area contributed by atoms with E-state index in [2.05, 4.69) is 10.5 Å². The number of benzene rings is 2. The quantitative estimate of drug-likeness (QED) is 0.683. The molecule has 0 spiro atoms. The summed E-state index contributed by atoms with van der Waals surface area (Å²) >= 11 is 12.0. The van der Waals surface area contributed by atoms with E-state index in [-0.39, 0.29) is 6.79 Å². The highest BCUT2D eigenvalue weighted by molar-refractivity contribution is 6.33. The van der Waals surface area contributed by atoms with Gasteiger partial charge in [-0.05, 0) is 24.3 Å². The van der Waals surface area contributed by atoms with Crippen molar-refractivity contribution in [1.29, 1.82) is 0 Å². The maximum atomic E-state index is 6.14. The second kappa shape index (κ2) is 5.61. The zero-order valence-corrected chi connectivity index (χ0v) is 11.8. The van der Waals surface area contributed by atoms with E-state index >= 15 is 0 Å². The Labute approximate surface area is 125 Å². The van der Waals surface area contributed by atoms with Crippen molar-refractivity contribution in [3.8, 4) is 11.5 Å². The molecular weight excluding hydrogens is 299 g/mol. The van der Waals surface area contributed by atoms with Gasteiger partial charge in [0.25, 0.3) is 0 Å². The molecule has 6 heteroatoms. The van der Waals surface area contributed by atoms with Gasteiger partial charge in [0.1, 0.15) is 0 Å². The van der Waals surface area contributed by atoms with Gasteiger partial charge in [-0.25, -0.2) is 0 Å². The van der Waals surface area contributed by atoms with E-state index in [9.17, 15) is 0 Å². The number of anilines is 1. The van der Waals surface area contributed by atoms with Crippen molar-refractivity contribution >= 4 is 35.1 Å². The van der Waals surface area contributed by atoms with Crippen LogP contribution >= 0.6 is 23.2 Å². The minimum Gasteiger partial charge on any atom is -0.454 e. The van der Waals surface area contributed by atoms with Crippen molar-refractivity contribution in [3.63, 3.8) is 0 Å². The molecule has 0 saturated heterocycles. The van der Waals surface area contributed by atoms with E-state index in [4.69, 9.17) is 32.7 Å². The van der Waals surface area contributed by atoms with Gasteiger partial charge in [-0.3, -0.25) is 5.43 Å². The Morgan fingerprint density at radius 2 is 1.90 bits per heavy atom. The number of halogens is 2. The Bertz CT molecular complexity index is 674. The van der Waals surface area contributed by atoms with E-state index in [0.29, 0.717) is 21.5 Å². The SMILES string of the molecule is Clc1cccc(N/N=C/c2cc3c(cc2Cl)OCO3)c1. The predicted octanol–water partition coefficient (Wildman–Crippen LogP) is 4.17.